The summed E-state index contributed by atoms with van der Waals surface area (Å²) in [7, 11) is 0. The Hall–Kier alpha value is -3.09. The van der Waals surface area contributed by atoms with Gasteiger partial charge in [0.05, 0.1) is 6.04 Å². The molecule has 7 heteroatoms. The van der Waals surface area contributed by atoms with E-state index in [9.17, 15) is 14.0 Å². The minimum Gasteiger partial charge on any atom is -0.444 e. The highest BCUT2D eigenvalue weighted by Gasteiger charge is 2.36. The van der Waals surface area contributed by atoms with Crippen molar-refractivity contribution in [1.29, 1.82) is 0 Å². The zero-order chi connectivity index (χ0) is 23.6. The second kappa shape index (κ2) is 9.41. The Balaban J connectivity index is 1.36. The van der Waals surface area contributed by atoms with E-state index >= 15 is 0 Å². The van der Waals surface area contributed by atoms with E-state index in [1.807, 2.05) is 43.9 Å². The molecule has 0 radical (unpaired) electrons. The van der Waals surface area contributed by atoms with Crippen LogP contribution in [0.4, 0.5) is 14.0 Å². The number of carbonyl (C=O) groups is 2. The topological polar surface area (TPSA) is 70.7 Å². The first-order valence-corrected chi connectivity index (χ1v) is 11.6. The third-order valence-corrected chi connectivity index (χ3v) is 6.23. The van der Waals surface area contributed by atoms with Crippen molar-refractivity contribution in [2.45, 2.75) is 57.7 Å². The Morgan fingerprint density at radius 1 is 1.09 bits per heavy atom. The molecule has 1 atom stereocenters. The number of amides is 3. The van der Waals surface area contributed by atoms with E-state index in [0.29, 0.717) is 19.0 Å². The van der Waals surface area contributed by atoms with Crippen molar-refractivity contribution in [3.05, 3.63) is 71.0 Å². The summed E-state index contributed by atoms with van der Waals surface area (Å²) in [6.07, 6.45) is 2.00. The van der Waals surface area contributed by atoms with Crippen LogP contribution in [0.1, 0.15) is 56.3 Å². The van der Waals surface area contributed by atoms with Crippen LogP contribution < -0.4 is 10.6 Å². The number of urea groups is 1. The first-order valence-electron chi connectivity index (χ1n) is 11.6. The van der Waals surface area contributed by atoms with Gasteiger partial charge in [-0.3, -0.25) is 0 Å². The van der Waals surface area contributed by atoms with Crippen molar-refractivity contribution in [1.82, 2.24) is 15.5 Å². The van der Waals surface area contributed by atoms with Gasteiger partial charge in [-0.05, 0) is 74.8 Å². The van der Waals surface area contributed by atoms with Gasteiger partial charge >= 0.3 is 12.1 Å². The number of rotatable bonds is 4. The SMILES string of the molecule is CC(C)(C)OC(=O)NC[C@H]1C[C@@H](NC(=O)N2CCc3ccccc3[C@@H]2c2ccc(F)cc2)C1. The van der Waals surface area contributed by atoms with Crippen LogP contribution in [0.3, 0.4) is 0 Å². The molecule has 0 saturated heterocycles. The molecule has 0 bridgehead atoms. The maximum Gasteiger partial charge on any atom is 0.407 e. The number of ether oxygens (including phenoxy) is 1. The van der Waals surface area contributed by atoms with Gasteiger partial charge < -0.3 is 20.3 Å². The Morgan fingerprint density at radius 3 is 2.48 bits per heavy atom. The van der Waals surface area contributed by atoms with E-state index in [-0.39, 0.29) is 23.9 Å². The quantitative estimate of drug-likeness (QED) is 0.700. The summed E-state index contributed by atoms with van der Waals surface area (Å²) in [6, 6.07) is 14.2. The Labute approximate surface area is 194 Å². The molecule has 0 spiro atoms. The molecule has 4 rings (SSSR count). The maximum atomic E-state index is 13.5. The Morgan fingerprint density at radius 2 is 1.79 bits per heavy atom. The largest absolute Gasteiger partial charge is 0.444 e. The van der Waals surface area contributed by atoms with Crippen LogP contribution in [0.25, 0.3) is 0 Å². The number of fused-ring (bicyclic) bond motifs is 1. The average Bonchev–Trinajstić information content (AvgIpc) is 2.73. The first-order chi connectivity index (χ1) is 15.7. The van der Waals surface area contributed by atoms with E-state index in [1.54, 1.807) is 12.1 Å². The van der Waals surface area contributed by atoms with Crippen molar-refractivity contribution in [3.63, 3.8) is 0 Å². The predicted molar refractivity (Wildman–Crippen MR) is 124 cm³/mol. The molecule has 3 amide bonds. The minimum atomic E-state index is -0.520. The number of nitrogens with zero attached hydrogens (tertiary/aromatic N) is 1. The Bertz CT molecular complexity index is 997. The molecule has 33 heavy (non-hydrogen) atoms. The van der Waals surface area contributed by atoms with Crippen molar-refractivity contribution in [3.8, 4) is 0 Å². The lowest BCUT2D eigenvalue weighted by molar-refractivity contribution is 0.0503. The lowest BCUT2D eigenvalue weighted by atomic mass is 9.80. The standard InChI is InChI=1S/C26H32FN3O3/c1-26(2,3)33-25(32)28-16-17-14-21(15-17)29-24(31)30-13-12-18-6-4-5-7-22(18)23(30)19-8-10-20(27)11-9-19/h4-11,17,21,23H,12-16H2,1-3H3,(H,28,32)(H,29,31)/t17-,21+,23-/m0/s1. The highest BCUT2D eigenvalue weighted by atomic mass is 19.1. The van der Waals surface area contributed by atoms with Gasteiger partial charge in [0, 0.05) is 19.1 Å². The molecule has 2 aromatic carbocycles. The molecule has 2 aliphatic rings. The van der Waals surface area contributed by atoms with Gasteiger partial charge in [0.15, 0.2) is 0 Å². The molecular weight excluding hydrogens is 421 g/mol. The van der Waals surface area contributed by atoms with E-state index in [2.05, 4.69) is 16.7 Å². The summed E-state index contributed by atoms with van der Waals surface area (Å²) in [5, 5.41) is 5.96. The molecule has 1 aliphatic carbocycles. The van der Waals surface area contributed by atoms with E-state index in [1.165, 1.54) is 17.7 Å². The summed E-state index contributed by atoms with van der Waals surface area (Å²) in [5.41, 5.74) is 2.67. The highest BCUT2D eigenvalue weighted by Crippen LogP contribution is 2.36. The molecule has 2 aromatic rings. The van der Waals surface area contributed by atoms with Crippen LogP contribution in [0.5, 0.6) is 0 Å². The van der Waals surface area contributed by atoms with Crippen LogP contribution in [-0.2, 0) is 11.2 Å². The third-order valence-electron chi connectivity index (χ3n) is 6.23. The molecule has 6 nitrogen and oxygen atoms in total. The number of benzene rings is 2. The van der Waals surface area contributed by atoms with Crippen LogP contribution >= 0.6 is 0 Å². The predicted octanol–water partition coefficient (Wildman–Crippen LogP) is 4.79. The van der Waals surface area contributed by atoms with Gasteiger partial charge in [-0.25, -0.2) is 14.0 Å². The van der Waals surface area contributed by atoms with Crippen LogP contribution in [-0.4, -0.2) is 41.8 Å². The smallest absolute Gasteiger partial charge is 0.407 e. The number of hydrogen-bond acceptors (Lipinski definition) is 3. The highest BCUT2D eigenvalue weighted by molar-refractivity contribution is 5.76. The average molecular weight is 454 g/mol. The van der Waals surface area contributed by atoms with Gasteiger partial charge in [0.25, 0.3) is 0 Å². The Kier molecular flexibility index (Phi) is 6.58. The van der Waals surface area contributed by atoms with Crippen molar-refractivity contribution < 1.29 is 18.7 Å². The number of carbonyl (C=O) groups excluding carboxylic acids is 2. The normalized spacial score (nSPS) is 22.1. The van der Waals surface area contributed by atoms with Crippen LogP contribution in [0.2, 0.25) is 0 Å². The van der Waals surface area contributed by atoms with Crippen LogP contribution in [0, 0.1) is 11.7 Å². The van der Waals surface area contributed by atoms with Gasteiger partial charge in [-0.15, -0.1) is 0 Å². The number of hydrogen-bond donors (Lipinski definition) is 2. The van der Waals surface area contributed by atoms with Gasteiger partial charge in [0.1, 0.15) is 11.4 Å². The van der Waals surface area contributed by atoms with Gasteiger partial charge in [-0.1, -0.05) is 36.4 Å². The van der Waals surface area contributed by atoms with Crippen LogP contribution in [0.15, 0.2) is 48.5 Å². The fourth-order valence-electron chi connectivity index (χ4n) is 4.61. The molecular formula is C26H32FN3O3. The van der Waals surface area contributed by atoms with Gasteiger partial charge in [0.2, 0.25) is 0 Å². The number of nitrogens with one attached hydrogen (secondary N) is 2. The van der Waals surface area contributed by atoms with Crippen molar-refractivity contribution in [2.75, 3.05) is 13.1 Å². The second-order valence-corrected chi connectivity index (χ2v) is 9.96. The molecule has 2 N–H and O–H groups in total. The molecule has 0 unspecified atom stereocenters. The third kappa shape index (κ3) is 5.64. The fourth-order valence-corrected chi connectivity index (χ4v) is 4.61. The summed E-state index contributed by atoms with van der Waals surface area (Å²) >= 11 is 0. The molecule has 1 fully saturated rings. The summed E-state index contributed by atoms with van der Waals surface area (Å²) in [4.78, 5) is 26.9. The molecule has 1 aliphatic heterocycles. The van der Waals surface area contributed by atoms with Crippen molar-refractivity contribution >= 4 is 12.1 Å². The van der Waals surface area contributed by atoms with E-state index in [4.69, 9.17) is 4.74 Å². The zero-order valence-corrected chi connectivity index (χ0v) is 19.4. The summed E-state index contributed by atoms with van der Waals surface area (Å²) in [5.74, 6) is 0.0251. The van der Waals surface area contributed by atoms with E-state index < -0.39 is 11.7 Å². The summed E-state index contributed by atoms with van der Waals surface area (Å²) in [6.45, 7) is 6.64. The fraction of sp³-hybridized carbons (Fsp3) is 0.462. The molecule has 1 saturated carbocycles. The zero-order valence-electron chi connectivity index (χ0n) is 19.4. The molecule has 1 heterocycles. The number of alkyl carbamates (subject to hydrolysis) is 1. The maximum absolute atomic E-state index is 13.5. The molecule has 176 valence electrons. The minimum absolute atomic E-state index is 0.0778. The lowest BCUT2D eigenvalue weighted by Crippen LogP contribution is -2.53. The van der Waals surface area contributed by atoms with E-state index in [0.717, 1.165) is 30.4 Å². The number of halogens is 1. The molecule has 0 aromatic heterocycles. The summed E-state index contributed by atoms with van der Waals surface area (Å²) < 4.78 is 18.8. The monoisotopic (exact) mass is 453 g/mol. The first kappa shape index (κ1) is 23.1. The lowest BCUT2D eigenvalue weighted by Gasteiger charge is -2.41. The van der Waals surface area contributed by atoms with Crippen molar-refractivity contribution in [2.24, 2.45) is 5.92 Å². The second-order valence-electron chi connectivity index (χ2n) is 9.96. The van der Waals surface area contributed by atoms with Gasteiger partial charge in [-0.2, -0.15) is 0 Å².